The number of hydrogen-bond acceptors (Lipinski definition) is 2. The Bertz CT molecular complexity index is 223. The van der Waals surface area contributed by atoms with Crippen LogP contribution in [0, 0.1) is 6.92 Å². The minimum absolute atomic E-state index is 0.518. The highest BCUT2D eigenvalue weighted by Gasteiger charge is 1.93. The van der Waals surface area contributed by atoms with Crippen molar-refractivity contribution in [2.24, 2.45) is 0 Å². The summed E-state index contributed by atoms with van der Waals surface area (Å²) in [6.07, 6.45) is 1.54. The van der Waals surface area contributed by atoms with Gasteiger partial charge in [-0.05, 0) is 18.6 Å². The second-order valence-corrected chi connectivity index (χ2v) is 2.23. The van der Waals surface area contributed by atoms with E-state index in [0.717, 1.165) is 5.56 Å². The lowest BCUT2D eigenvalue weighted by atomic mass is 10.3. The van der Waals surface area contributed by atoms with E-state index in [1.165, 1.54) is 6.20 Å². The molecule has 62 valence electrons. The number of nitrogens with zero attached hydrogens (tertiary/aromatic N) is 1. The van der Waals surface area contributed by atoms with Crippen LogP contribution in [0.4, 0.5) is 5.69 Å². The van der Waals surface area contributed by atoms with Crippen molar-refractivity contribution in [3.05, 3.63) is 23.0 Å². The lowest BCUT2D eigenvalue weighted by Crippen LogP contribution is -1.87. The molecule has 0 atom stereocenters. The maximum absolute atomic E-state index is 5.61. The van der Waals surface area contributed by atoms with E-state index in [0.29, 0.717) is 10.8 Å². The fourth-order valence-electron chi connectivity index (χ4n) is 0.580. The van der Waals surface area contributed by atoms with Crippen molar-refractivity contribution in [2.45, 2.75) is 20.8 Å². The molecule has 2 N–H and O–H groups in total. The molecule has 0 saturated heterocycles. The second-order valence-electron chi connectivity index (χ2n) is 1.88. The molecule has 1 aromatic rings. The standard InChI is InChI=1S/C6H7ClN2.C2H6/c1-4-2-5(8)3-9-6(4)7;1-2/h2-3H,8H2,1H3;1-2H3. The molecule has 0 saturated carbocycles. The van der Waals surface area contributed by atoms with Crippen molar-refractivity contribution in [1.82, 2.24) is 4.98 Å². The maximum atomic E-state index is 5.61. The third-order valence-corrected chi connectivity index (χ3v) is 1.43. The van der Waals surface area contributed by atoms with Gasteiger partial charge in [-0.15, -0.1) is 0 Å². The zero-order chi connectivity index (χ0) is 8.85. The van der Waals surface area contributed by atoms with Crippen LogP contribution < -0.4 is 5.73 Å². The Morgan fingerprint density at radius 2 is 2.00 bits per heavy atom. The van der Waals surface area contributed by atoms with E-state index >= 15 is 0 Å². The molecule has 0 aliphatic rings. The van der Waals surface area contributed by atoms with Crippen molar-refractivity contribution < 1.29 is 0 Å². The SMILES string of the molecule is CC.Cc1cc(N)cnc1Cl. The van der Waals surface area contributed by atoms with Gasteiger partial charge in [0.25, 0.3) is 0 Å². The third-order valence-electron chi connectivity index (χ3n) is 1.04. The Labute approximate surface area is 72.4 Å². The van der Waals surface area contributed by atoms with Gasteiger partial charge in [0.2, 0.25) is 0 Å². The van der Waals surface area contributed by atoms with Crippen LogP contribution in [-0.4, -0.2) is 4.98 Å². The van der Waals surface area contributed by atoms with E-state index in [-0.39, 0.29) is 0 Å². The quantitative estimate of drug-likeness (QED) is 0.612. The number of hydrogen-bond donors (Lipinski definition) is 1. The Kier molecular flexibility index (Phi) is 4.62. The molecule has 1 aromatic heterocycles. The Hall–Kier alpha value is -0.760. The van der Waals surface area contributed by atoms with E-state index in [4.69, 9.17) is 17.3 Å². The number of aryl methyl sites for hydroxylation is 1. The Balaban J connectivity index is 0.000000461. The van der Waals surface area contributed by atoms with Crippen molar-refractivity contribution in [3.63, 3.8) is 0 Å². The maximum Gasteiger partial charge on any atom is 0.132 e. The van der Waals surface area contributed by atoms with Crippen molar-refractivity contribution in [1.29, 1.82) is 0 Å². The predicted octanol–water partition coefficient (Wildman–Crippen LogP) is 2.65. The molecule has 0 radical (unpaired) electrons. The zero-order valence-corrected chi connectivity index (χ0v) is 7.81. The summed E-state index contributed by atoms with van der Waals surface area (Å²) in [6, 6.07) is 1.79. The molecule has 11 heavy (non-hydrogen) atoms. The number of nitrogen functional groups attached to an aromatic ring is 1. The molecule has 1 rings (SSSR count). The van der Waals surface area contributed by atoms with Gasteiger partial charge in [-0.1, -0.05) is 25.4 Å². The minimum Gasteiger partial charge on any atom is -0.397 e. The van der Waals surface area contributed by atoms with Gasteiger partial charge in [0.1, 0.15) is 5.15 Å². The molecule has 3 heteroatoms. The number of rotatable bonds is 0. The minimum atomic E-state index is 0.518. The number of anilines is 1. The highest BCUT2D eigenvalue weighted by atomic mass is 35.5. The molecule has 0 unspecified atom stereocenters. The molecule has 2 nitrogen and oxygen atoms in total. The smallest absolute Gasteiger partial charge is 0.132 e. The fourth-order valence-corrected chi connectivity index (χ4v) is 0.683. The van der Waals surface area contributed by atoms with Crippen LogP contribution in [0.3, 0.4) is 0 Å². The molecule has 0 aliphatic heterocycles. The summed E-state index contributed by atoms with van der Waals surface area (Å²) < 4.78 is 0. The van der Waals surface area contributed by atoms with Crippen molar-refractivity contribution in [2.75, 3.05) is 5.73 Å². The first-order valence-electron chi connectivity index (χ1n) is 3.58. The van der Waals surface area contributed by atoms with Gasteiger partial charge >= 0.3 is 0 Å². The second kappa shape index (κ2) is 4.97. The summed E-state index contributed by atoms with van der Waals surface area (Å²) in [4.78, 5) is 3.82. The average Bonchev–Trinajstić information content (AvgIpc) is 2.02. The van der Waals surface area contributed by atoms with E-state index < -0.39 is 0 Å². The molecule has 0 bridgehead atoms. The molecular formula is C8H13ClN2. The summed E-state index contributed by atoms with van der Waals surface area (Å²) in [5, 5.41) is 0.518. The number of pyridine rings is 1. The highest BCUT2D eigenvalue weighted by molar-refractivity contribution is 6.30. The van der Waals surface area contributed by atoms with Crippen molar-refractivity contribution >= 4 is 17.3 Å². The summed E-state index contributed by atoms with van der Waals surface area (Å²) in [5.74, 6) is 0. The number of halogens is 1. The van der Waals surface area contributed by atoms with Crippen LogP contribution in [0.1, 0.15) is 19.4 Å². The predicted molar refractivity (Wildman–Crippen MR) is 49.7 cm³/mol. The van der Waals surface area contributed by atoms with Crippen LogP contribution >= 0.6 is 11.6 Å². The largest absolute Gasteiger partial charge is 0.397 e. The van der Waals surface area contributed by atoms with Gasteiger partial charge in [0.15, 0.2) is 0 Å². The first kappa shape index (κ1) is 10.2. The van der Waals surface area contributed by atoms with Gasteiger partial charge in [-0.2, -0.15) is 0 Å². The van der Waals surface area contributed by atoms with Gasteiger partial charge in [0.05, 0.1) is 11.9 Å². The Morgan fingerprint density at radius 3 is 2.36 bits per heavy atom. The topological polar surface area (TPSA) is 38.9 Å². The molecule has 0 aromatic carbocycles. The number of nitrogens with two attached hydrogens (primary N) is 1. The van der Waals surface area contributed by atoms with Gasteiger partial charge in [0, 0.05) is 0 Å². The monoisotopic (exact) mass is 172 g/mol. The first-order valence-corrected chi connectivity index (χ1v) is 3.95. The van der Waals surface area contributed by atoms with E-state index in [2.05, 4.69) is 4.98 Å². The molecular weight excluding hydrogens is 160 g/mol. The van der Waals surface area contributed by atoms with Crippen LogP contribution in [0.5, 0.6) is 0 Å². The highest BCUT2D eigenvalue weighted by Crippen LogP contribution is 2.12. The summed E-state index contributed by atoms with van der Waals surface area (Å²) in [6.45, 7) is 5.87. The van der Waals surface area contributed by atoms with E-state index in [1.54, 1.807) is 6.07 Å². The molecule has 0 amide bonds. The van der Waals surface area contributed by atoms with Gasteiger partial charge in [-0.3, -0.25) is 0 Å². The van der Waals surface area contributed by atoms with Crippen LogP contribution in [0.2, 0.25) is 5.15 Å². The summed E-state index contributed by atoms with van der Waals surface area (Å²) >= 11 is 5.61. The fraction of sp³-hybridized carbons (Fsp3) is 0.375. The first-order chi connectivity index (χ1) is 5.20. The molecule has 0 spiro atoms. The lowest BCUT2D eigenvalue weighted by molar-refractivity contribution is 1.27. The molecule has 0 fully saturated rings. The summed E-state index contributed by atoms with van der Waals surface area (Å²) in [5.41, 5.74) is 6.97. The lowest BCUT2D eigenvalue weighted by Gasteiger charge is -1.95. The van der Waals surface area contributed by atoms with Crippen LogP contribution in [0.25, 0.3) is 0 Å². The summed E-state index contributed by atoms with van der Waals surface area (Å²) in [7, 11) is 0. The van der Waals surface area contributed by atoms with Crippen LogP contribution in [-0.2, 0) is 0 Å². The Morgan fingerprint density at radius 1 is 1.45 bits per heavy atom. The molecule has 1 heterocycles. The van der Waals surface area contributed by atoms with Gasteiger partial charge < -0.3 is 5.73 Å². The van der Waals surface area contributed by atoms with Crippen LogP contribution in [0.15, 0.2) is 12.3 Å². The van der Waals surface area contributed by atoms with Gasteiger partial charge in [-0.25, -0.2) is 4.98 Å². The molecule has 0 aliphatic carbocycles. The zero-order valence-electron chi connectivity index (χ0n) is 7.06. The third kappa shape index (κ3) is 3.23. The number of aromatic nitrogens is 1. The normalized spacial score (nSPS) is 8.36. The van der Waals surface area contributed by atoms with E-state index in [1.807, 2.05) is 20.8 Å². The average molecular weight is 173 g/mol. The van der Waals surface area contributed by atoms with E-state index in [9.17, 15) is 0 Å². The van der Waals surface area contributed by atoms with Crippen molar-refractivity contribution in [3.8, 4) is 0 Å².